The predicted octanol–water partition coefficient (Wildman–Crippen LogP) is 4.43. The molecule has 2 rings (SSSR count). The Morgan fingerprint density at radius 1 is 1.26 bits per heavy atom. The van der Waals surface area contributed by atoms with E-state index < -0.39 is 0 Å². The highest BCUT2D eigenvalue weighted by atomic mass is 79.9. The number of benzene rings is 1. The maximum Gasteiger partial charge on any atom is 0.0977 e. The smallest absolute Gasteiger partial charge is 0.0977 e. The Morgan fingerprint density at radius 3 is 2.53 bits per heavy atom. The number of halogens is 1. The van der Waals surface area contributed by atoms with Gasteiger partial charge in [0.05, 0.1) is 12.2 Å². The molecule has 0 spiro atoms. The summed E-state index contributed by atoms with van der Waals surface area (Å²) in [5, 5.41) is 0. The van der Waals surface area contributed by atoms with Gasteiger partial charge in [-0.15, -0.1) is 0 Å². The summed E-state index contributed by atoms with van der Waals surface area (Å²) < 4.78 is 7.38. The van der Waals surface area contributed by atoms with E-state index in [1.54, 1.807) is 0 Å². The van der Waals surface area contributed by atoms with Crippen molar-refractivity contribution < 1.29 is 4.74 Å². The standard InChI is InChI=1S/C16H24BrNO/c1-11-6-8-15(9-7-11)19-16(12(2)18)13-4-3-5-14(17)10-13/h3-5,10-12,15-16H,6-9,18H2,1-2H3. The highest BCUT2D eigenvalue weighted by Gasteiger charge is 2.25. The fraction of sp³-hybridized carbons (Fsp3) is 0.625. The Morgan fingerprint density at radius 2 is 1.95 bits per heavy atom. The Balaban J connectivity index is 2.04. The average Bonchev–Trinajstić information content (AvgIpc) is 2.37. The lowest BCUT2D eigenvalue weighted by molar-refractivity contribution is -0.0459. The summed E-state index contributed by atoms with van der Waals surface area (Å²) in [6, 6.07) is 8.29. The molecule has 2 unspecified atom stereocenters. The van der Waals surface area contributed by atoms with Crippen LogP contribution in [0, 0.1) is 5.92 Å². The normalized spacial score (nSPS) is 26.9. The summed E-state index contributed by atoms with van der Waals surface area (Å²) in [6.45, 7) is 4.35. The Labute approximate surface area is 124 Å². The van der Waals surface area contributed by atoms with Gasteiger partial charge in [0, 0.05) is 10.5 Å². The van der Waals surface area contributed by atoms with Gasteiger partial charge in [-0.25, -0.2) is 0 Å². The van der Waals surface area contributed by atoms with Gasteiger partial charge in [0.25, 0.3) is 0 Å². The van der Waals surface area contributed by atoms with E-state index in [1.807, 2.05) is 19.1 Å². The summed E-state index contributed by atoms with van der Waals surface area (Å²) in [6.07, 6.45) is 5.24. The van der Waals surface area contributed by atoms with Crippen LogP contribution in [0.5, 0.6) is 0 Å². The van der Waals surface area contributed by atoms with Gasteiger partial charge in [0.1, 0.15) is 0 Å². The highest BCUT2D eigenvalue weighted by molar-refractivity contribution is 9.10. The van der Waals surface area contributed by atoms with Gasteiger partial charge in [-0.2, -0.15) is 0 Å². The number of nitrogens with two attached hydrogens (primary N) is 1. The SMILES string of the molecule is CC1CCC(OC(c2cccc(Br)c2)C(C)N)CC1. The van der Waals surface area contributed by atoms with Gasteiger partial charge in [-0.3, -0.25) is 0 Å². The first-order chi connectivity index (χ1) is 9.06. The molecule has 1 aliphatic carbocycles. The van der Waals surface area contributed by atoms with Crippen molar-refractivity contribution in [3.05, 3.63) is 34.3 Å². The van der Waals surface area contributed by atoms with E-state index in [-0.39, 0.29) is 12.1 Å². The minimum absolute atomic E-state index is 0.00379. The molecule has 1 aromatic carbocycles. The fourth-order valence-corrected chi connectivity index (χ4v) is 3.18. The zero-order valence-electron chi connectivity index (χ0n) is 11.8. The number of hydrogen-bond acceptors (Lipinski definition) is 2. The Hall–Kier alpha value is -0.380. The molecule has 0 bridgehead atoms. The van der Waals surface area contributed by atoms with E-state index in [1.165, 1.54) is 31.2 Å². The number of hydrogen-bond donors (Lipinski definition) is 1. The van der Waals surface area contributed by atoms with Crippen LogP contribution in [0.15, 0.2) is 28.7 Å². The van der Waals surface area contributed by atoms with Crippen molar-refractivity contribution in [1.29, 1.82) is 0 Å². The highest BCUT2D eigenvalue weighted by Crippen LogP contribution is 2.31. The molecule has 106 valence electrons. The van der Waals surface area contributed by atoms with E-state index in [0.29, 0.717) is 6.10 Å². The molecular formula is C16H24BrNO. The molecule has 1 saturated carbocycles. The van der Waals surface area contributed by atoms with Crippen molar-refractivity contribution in [2.75, 3.05) is 0 Å². The topological polar surface area (TPSA) is 35.2 Å². The van der Waals surface area contributed by atoms with Gasteiger partial charge < -0.3 is 10.5 Å². The molecule has 1 aliphatic rings. The minimum atomic E-state index is -0.00379. The molecule has 0 radical (unpaired) electrons. The molecule has 2 N–H and O–H groups in total. The molecule has 0 saturated heterocycles. The zero-order chi connectivity index (χ0) is 13.8. The molecule has 3 heteroatoms. The first-order valence-electron chi connectivity index (χ1n) is 7.22. The summed E-state index contributed by atoms with van der Waals surface area (Å²) in [7, 11) is 0. The first-order valence-corrected chi connectivity index (χ1v) is 8.02. The van der Waals surface area contributed by atoms with Crippen molar-refractivity contribution in [2.45, 2.75) is 57.8 Å². The Kier molecular flexibility index (Phi) is 5.43. The van der Waals surface area contributed by atoms with Crippen LogP contribution in [0.25, 0.3) is 0 Å². The van der Waals surface area contributed by atoms with Gasteiger partial charge >= 0.3 is 0 Å². The Bertz CT molecular complexity index is 399. The van der Waals surface area contributed by atoms with Gasteiger partial charge in [0.2, 0.25) is 0 Å². The lowest BCUT2D eigenvalue weighted by Crippen LogP contribution is -2.32. The van der Waals surface area contributed by atoms with Crippen LogP contribution >= 0.6 is 15.9 Å². The van der Waals surface area contributed by atoms with Crippen LogP contribution in [-0.2, 0) is 4.74 Å². The summed E-state index contributed by atoms with van der Waals surface area (Å²) in [4.78, 5) is 0. The third-order valence-electron chi connectivity index (χ3n) is 3.96. The molecule has 0 aromatic heterocycles. The molecule has 0 amide bonds. The number of rotatable bonds is 4. The van der Waals surface area contributed by atoms with Crippen molar-refractivity contribution in [2.24, 2.45) is 11.7 Å². The van der Waals surface area contributed by atoms with Crippen LogP contribution < -0.4 is 5.73 Å². The van der Waals surface area contributed by atoms with Crippen LogP contribution in [-0.4, -0.2) is 12.1 Å². The molecule has 19 heavy (non-hydrogen) atoms. The third-order valence-corrected chi connectivity index (χ3v) is 4.45. The fourth-order valence-electron chi connectivity index (χ4n) is 2.76. The maximum atomic E-state index is 6.30. The van der Waals surface area contributed by atoms with Crippen molar-refractivity contribution >= 4 is 15.9 Å². The third kappa shape index (κ3) is 4.30. The van der Waals surface area contributed by atoms with E-state index >= 15 is 0 Å². The van der Waals surface area contributed by atoms with E-state index in [0.717, 1.165) is 10.4 Å². The van der Waals surface area contributed by atoms with E-state index in [4.69, 9.17) is 10.5 Å². The first kappa shape index (κ1) is 15.0. The molecule has 0 aliphatic heterocycles. The second-order valence-electron chi connectivity index (χ2n) is 5.85. The zero-order valence-corrected chi connectivity index (χ0v) is 13.4. The van der Waals surface area contributed by atoms with Gasteiger partial charge in [0.15, 0.2) is 0 Å². The van der Waals surface area contributed by atoms with Gasteiger partial charge in [-0.1, -0.05) is 35.0 Å². The number of ether oxygens (including phenoxy) is 1. The van der Waals surface area contributed by atoms with Crippen LogP contribution in [0.1, 0.15) is 51.2 Å². The lowest BCUT2D eigenvalue weighted by atomic mass is 9.88. The van der Waals surface area contributed by atoms with Crippen LogP contribution in [0.2, 0.25) is 0 Å². The van der Waals surface area contributed by atoms with Crippen molar-refractivity contribution in [3.63, 3.8) is 0 Å². The monoisotopic (exact) mass is 325 g/mol. The second kappa shape index (κ2) is 6.87. The molecule has 2 atom stereocenters. The summed E-state index contributed by atoms with van der Waals surface area (Å²) >= 11 is 3.52. The average molecular weight is 326 g/mol. The van der Waals surface area contributed by atoms with E-state index in [2.05, 4.69) is 35.0 Å². The van der Waals surface area contributed by atoms with Crippen LogP contribution in [0.4, 0.5) is 0 Å². The van der Waals surface area contributed by atoms with Crippen molar-refractivity contribution in [3.8, 4) is 0 Å². The molecule has 1 aromatic rings. The maximum absolute atomic E-state index is 6.30. The van der Waals surface area contributed by atoms with Crippen molar-refractivity contribution in [1.82, 2.24) is 0 Å². The molecule has 2 nitrogen and oxygen atoms in total. The lowest BCUT2D eigenvalue weighted by Gasteiger charge is -2.32. The van der Waals surface area contributed by atoms with Gasteiger partial charge in [-0.05, 0) is 56.2 Å². The van der Waals surface area contributed by atoms with Crippen LogP contribution in [0.3, 0.4) is 0 Å². The minimum Gasteiger partial charge on any atom is -0.369 e. The quantitative estimate of drug-likeness (QED) is 0.888. The molecule has 1 fully saturated rings. The van der Waals surface area contributed by atoms with E-state index in [9.17, 15) is 0 Å². The molecule has 0 heterocycles. The molecular weight excluding hydrogens is 302 g/mol. The summed E-state index contributed by atoms with van der Waals surface area (Å²) in [5.74, 6) is 0.847. The summed E-state index contributed by atoms with van der Waals surface area (Å²) in [5.41, 5.74) is 7.29. The predicted molar refractivity (Wildman–Crippen MR) is 83.0 cm³/mol. The second-order valence-corrected chi connectivity index (χ2v) is 6.77. The largest absolute Gasteiger partial charge is 0.369 e.